The summed E-state index contributed by atoms with van der Waals surface area (Å²) in [4.78, 5) is 4.71. The lowest BCUT2D eigenvalue weighted by Crippen LogP contribution is -2.14. The van der Waals surface area contributed by atoms with Crippen molar-refractivity contribution in [2.24, 2.45) is 0 Å². The Balaban J connectivity index is 0.907. The van der Waals surface area contributed by atoms with Gasteiger partial charge in [0.1, 0.15) is 0 Å². The van der Waals surface area contributed by atoms with Gasteiger partial charge < -0.3 is 9.80 Å². The predicted octanol–water partition coefficient (Wildman–Crippen LogP) is 20.5. The van der Waals surface area contributed by atoms with Gasteiger partial charge in [-0.15, -0.1) is 0 Å². The largest absolute Gasteiger partial charge is 0.311 e. The van der Waals surface area contributed by atoms with Gasteiger partial charge in [0.05, 0.1) is 0 Å². The fraction of sp³-hybridized carbons (Fsp3) is 0.229. The summed E-state index contributed by atoms with van der Waals surface area (Å²) in [5, 5.41) is 4.94. The maximum absolute atomic E-state index is 2.35. The zero-order chi connectivity index (χ0) is 51.0. The van der Waals surface area contributed by atoms with E-state index in [9.17, 15) is 0 Å². The van der Waals surface area contributed by atoms with E-state index in [1.807, 2.05) is 0 Å². The third kappa shape index (κ3) is 11.4. The first-order valence-electron chi connectivity index (χ1n) is 25.7. The van der Waals surface area contributed by atoms with Gasteiger partial charge in [0.15, 0.2) is 0 Å². The van der Waals surface area contributed by atoms with Crippen molar-refractivity contribution < 1.29 is 0 Å². The Morgan fingerprint density at radius 1 is 0.222 bits per heavy atom. The van der Waals surface area contributed by atoms with Gasteiger partial charge in [0, 0.05) is 34.1 Å². The summed E-state index contributed by atoms with van der Waals surface area (Å²) in [6.07, 6.45) is 8.87. The standard InChI is InChI=1S/C70H72N2/c1-67(2,3)57-25-37-63(38-26-57)71(64-39-27-58(28-40-64)68(4,5)6)61-33-19-49(20-34-61)13-15-51-17-23-53-48-56-46-52(18-24-54(56)47-55(53)45-51)16-14-50-21-35-62(36-22-50)72(65-41-29-59(30-42-65)69(7,8)9)66-43-31-60(32-44-66)70(10,11)12/h13-48H,1-12H3/b15-13+,16-14+. The Bertz CT molecular complexity index is 3010. The fourth-order valence-corrected chi connectivity index (χ4v) is 9.43. The molecule has 0 aliphatic heterocycles. The summed E-state index contributed by atoms with van der Waals surface area (Å²) in [6, 6.07) is 72.1. The van der Waals surface area contributed by atoms with Crippen molar-refractivity contribution in [1.82, 2.24) is 0 Å². The topological polar surface area (TPSA) is 6.48 Å². The maximum Gasteiger partial charge on any atom is 0.0462 e. The van der Waals surface area contributed by atoms with Gasteiger partial charge in [-0.1, -0.05) is 204 Å². The third-order valence-corrected chi connectivity index (χ3v) is 14.0. The van der Waals surface area contributed by atoms with E-state index in [-0.39, 0.29) is 21.7 Å². The average Bonchev–Trinajstić information content (AvgIpc) is 3.35. The maximum atomic E-state index is 2.35. The van der Waals surface area contributed by atoms with E-state index in [1.165, 1.54) is 54.9 Å². The molecule has 0 aromatic heterocycles. The van der Waals surface area contributed by atoms with Crippen molar-refractivity contribution in [2.75, 3.05) is 9.80 Å². The van der Waals surface area contributed by atoms with E-state index >= 15 is 0 Å². The van der Waals surface area contributed by atoms with E-state index in [2.05, 4.69) is 311 Å². The minimum absolute atomic E-state index is 0.0928. The summed E-state index contributed by atoms with van der Waals surface area (Å²) in [7, 11) is 0. The van der Waals surface area contributed by atoms with Crippen LogP contribution in [0.1, 0.15) is 128 Å². The summed E-state index contributed by atoms with van der Waals surface area (Å²) in [6.45, 7) is 27.2. The van der Waals surface area contributed by atoms with Crippen LogP contribution in [-0.4, -0.2) is 0 Å². The van der Waals surface area contributed by atoms with E-state index in [1.54, 1.807) is 0 Å². The highest BCUT2D eigenvalue weighted by molar-refractivity contribution is 6.00. The molecule has 0 unspecified atom stereocenters. The molecule has 2 nitrogen and oxygen atoms in total. The molecule has 0 saturated carbocycles. The van der Waals surface area contributed by atoms with Crippen LogP contribution in [0.4, 0.5) is 34.1 Å². The highest BCUT2D eigenvalue weighted by Gasteiger charge is 2.21. The number of anilines is 6. The van der Waals surface area contributed by atoms with Crippen LogP contribution in [0.5, 0.6) is 0 Å². The lowest BCUT2D eigenvalue weighted by molar-refractivity contribution is 0.590. The molecule has 0 atom stereocenters. The Hall–Kier alpha value is -7.42. The summed E-state index contributed by atoms with van der Waals surface area (Å²) in [5.41, 5.74) is 17.2. The molecule has 0 aliphatic carbocycles. The van der Waals surface area contributed by atoms with Crippen LogP contribution in [0.2, 0.25) is 0 Å². The highest BCUT2D eigenvalue weighted by atomic mass is 15.1. The molecule has 0 bridgehead atoms. The molecule has 0 radical (unpaired) electrons. The lowest BCUT2D eigenvalue weighted by atomic mass is 9.86. The molecule has 9 aromatic rings. The van der Waals surface area contributed by atoms with Crippen molar-refractivity contribution in [1.29, 1.82) is 0 Å². The first-order chi connectivity index (χ1) is 34.2. The minimum atomic E-state index is 0.0928. The third-order valence-electron chi connectivity index (χ3n) is 14.0. The molecule has 0 amide bonds. The van der Waals surface area contributed by atoms with E-state index in [0.717, 1.165) is 45.3 Å². The van der Waals surface area contributed by atoms with E-state index in [4.69, 9.17) is 0 Å². The van der Waals surface area contributed by atoms with Gasteiger partial charge in [0.25, 0.3) is 0 Å². The summed E-state index contributed by atoms with van der Waals surface area (Å²) < 4.78 is 0. The van der Waals surface area contributed by atoms with Gasteiger partial charge in [-0.3, -0.25) is 0 Å². The molecule has 0 fully saturated rings. The van der Waals surface area contributed by atoms with Crippen LogP contribution < -0.4 is 9.80 Å². The number of nitrogens with zero attached hydrogens (tertiary/aromatic N) is 2. The minimum Gasteiger partial charge on any atom is -0.311 e. The molecule has 0 spiro atoms. The molecule has 2 heteroatoms. The molecule has 0 saturated heterocycles. The Morgan fingerprint density at radius 3 is 0.667 bits per heavy atom. The SMILES string of the molecule is CC(C)(C)c1ccc(N(c2ccc(/C=C/c3ccc4cc5cc(/C=C/c6ccc(N(c7ccc(C(C)(C)C)cc7)c7ccc(C(C)(C)C)cc7)cc6)ccc5cc4c3)cc2)c2ccc(C(C)(C)C)cc2)cc1. The molecule has 0 N–H and O–H groups in total. The van der Waals surface area contributed by atoms with Crippen LogP contribution in [0.15, 0.2) is 194 Å². The van der Waals surface area contributed by atoms with Gasteiger partial charge in [-0.05, 0) is 185 Å². The van der Waals surface area contributed by atoms with Crippen molar-refractivity contribution >= 4 is 80.0 Å². The fourth-order valence-electron chi connectivity index (χ4n) is 9.43. The second kappa shape index (κ2) is 19.6. The Kier molecular flexibility index (Phi) is 13.5. The molecule has 362 valence electrons. The molecule has 9 aromatic carbocycles. The van der Waals surface area contributed by atoms with Gasteiger partial charge in [-0.2, -0.15) is 0 Å². The number of hydrogen-bond donors (Lipinski definition) is 0. The van der Waals surface area contributed by atoms with Crippen molar-refractivity contribution in [3.05, 3.63) is 239 Å². The molecule has 9 rings (SSSR count). The Labute approximate surface area is 431 Å². The first-order valence-corrected chi connectivity index (χ1v) is 25.7. The second-order valence-corrected chi connectivity index (χ2v) is 23.8. The van der Waals surface area contributed by atoms with Gasteiger partial charge >= 0.3 is 0 Å². The number of benzene rings is 9. The van der Waals surface area contributed by atoms with Crippen LogP contribution in [0, 0.1) is 0 Å². The van der Waals surface area contributed by atoms with Crippen molar-refractivity contribution in [3.63, 3.8) is 0 Å². The number of fused-ring (bicyclic) bond motifs is 2. The summed E-state index contributed by atoms with van der Waals surface area (Å²) >= 11 is 0. The van der Waals surface area contributed by atoms with Crippen molar-refractivity contribution in [3.8, 4) is 0 Å². The molecular weight excluding hydrogens is 869 g/mol. The van der Waals surface area contributed by atoms with Gasteiger partial charge in [-0.25, -0.2) is 0 Å². The monoisotopic (exact) mass is 941 g/mol. The second-order valence-electron chi connectivity index (χ2n) is 23.8. The normalized spacial score (nSPS) is 12.6. The van der Waals surface area contributed by atoms with Crippen LogP contribution in [0.3, 0.4) is 0 Å². The predicted molar refractivity (Wildman–Crippen MR) is 316 cm³/mol. The molecule has 0 heterocycles. The van der Waals surface area contributed by atoms with Crippen LogP contribution in [0.25, 0.3) is 45.8 Å². The van der Waals surface area contributed by atoms with E-state index < -0.39 is 0 Å². The van der Waals surface area contributed by atoms with Crippen LogP contribution in [-0.2, 0) is 21.7 Å². The zero-order valence-corrected chi connectivity index (χ0v) is 44.7. The van der Waals surface area contributed by atoms with E-state index in [0.29, 0.717) is 0 Å². The lowest BCUT2D eigenvalue weighted by Gasteiger charge is -2.28. The zero-order valence-electron chi connectivity index (χ0n) is 44.7. The molecule has 0 aliphatic rings. The molecule has 72 heavy (non-hydrogen) atoms. The van der Waals surface area contributed by atoms with Crippen molar-refractivity contribution in [2.45, 2.75) is 105 Å². The smallest absolute Gasteiger partial charge is 0.0462 e. The summed E-state index contributed by atoms with van der Waals surface area (Å²) in [5.74, 6) is 0. The number of hydrogen-bond acceptors (Lipinski definition) is 2. The first kappa shape index (κ1) is 49.6. The quantitative estimate of drug-likeness (QED) is 0.0996. The van der Waals surface area contributed by atoms with Gasteiger partial charge in [0.2, 0.25) is 0 Å². The number of rotatable bonds is 10. The molecular formula is C70H72N2. The van der Waals surface area contributed by atoms with Crippen LogP contribution >= 0.6 is 0 Å². The average molecular weight is 941 g/mol. The highest BCUT2D eigenvalue weighted by Crippen LogP contribution is 2.39. The Morgan fingerprint density at radius 2 is 0.431 bits per heavy atom.